The zero-order valence-corrected chi connectivity index (χ0v) is 19.7. The Kier molecular flexibility index (Phi) is 8.29. The Morgan fingerprint density at radius 1 is 0.833 bits per heavy atom. The van der Waals surface area contributed by atoms with Crippen molar-refractivity contribution in [2.75, 3.05) is 14.1 Å². The molecular formula is C19H10Cl6N2O3. The van der Waals surface area contributed by atoms with Gasteiger partial charge in [-0.2, -0.15) is 5.26 Å². The van der Waals surface area contributed by atoms with E-state index in [1.807, 2.05) is 0 Å². The Bertz CT molecular complexity index is 1120. The summed E-state index contributed by atoms with van der Waals surface area (Å²) in [6.45, 7) is 0. The van der Waals surface area contributed by atoms with Crippen LogP contribution in [0.2, 0.25) is 30.1 Å². The van der Waals surface area contributed by atoms with Crippen LogP contribution in [-0.4, -0.2) is 30.9 Å². The number of ether oxygens (including phenoxy) is 1. The van der Waals surface area contributed by atoms with Gasteiger partial charge in [0.05, 0.1) is 41.3 Å². The number of rotatable bonds is 4. The average Bonchev–Trinajstić information content (AvgIpc) is 2.68. The minimum atomic E-state index is -1.09. The fourth-order valence-corrected chi connectivity index (χ4v) is 3.62. The fourth-order valence-electron chi connectivity index (χ4n) is 2.24. The van der Waals surface area contributed by atoms with Crippen LogP contribution in [0.5, 0.6) is 0 Å². The highest BCUT2D eigenvalue weighted by Gasteiger charge is 2.29. The molecule has 156 valence electrons. The molecule has 0 atom stereocenters. The fraction of sp³-hybridized carbons (Fsp3) is 0.105. The summed E-state index contributed by atoms with van der Waals surface area (Å²) in [6.07, 6.45) is 0. The summed E-state index contributed by atoms with van der Waals surface area (Å²) in [5.74, 6) is -2.37. The quantitative estimate of drug-likeness (QED) is 0.145. The average molecular weight is 527 g/mol. The molecular weight excluding hydrogens is 517 g/mol. The molecule has 0 aliphatic carbocycles. The van der Waals surface area contributed by atoms with Crippen molar-refractivity contribution in [1.29, 1.82) is 5.26 Å². The van der Waals surface area contributed by atoms with Crippen molar-refractivity contribution < 1.29 is 14.3 Å². The maximum absolute atomic E-state index is 12.9. The third-order valence-electron chi connectivity index (χ3n) is 3.67. The molecule has 0 aromatic heterocycles. The molecule has 0 saturated carbocycles. The van der Waals surface area contributed by atoms with Crippen molar-refractivity contribution in [3.8, 4) is 6.07 Å². The third kappa shape index (κ3) is 4.97. The predicted octanol–water partition coefficient (Wildman–Crippen LogP) is 6.79. The molecule has 0 radical (unpaired) electrons. The van der Waals surface area contributed by atoms with E-state index in [1.54, 1.807) is 6.07 Å². The van der Waals surface area contributed by atoms with Crippen LogP contribution in [0.15, 0.2) is 29.8 Å². The van der Waals surface area contributed by atoms with Gasteiger partial charge >= 0.3 is 5.97 Å². The first-order valence-corrected chi connectivity index (χ1v) is 10.1. The summed E-state index contributed by atoms with van der Waals surface area (Å²) in [5.41, 5.74) is -0.943. The molecule has 5 nitrogen and oxygen atoms in total. The third-order valence-corrected chi connectivity index (χ3v) is 5.91. The van der Waals surface area contributed by atoms with Crippen molar-refractivity contribution in [2.45, 2.75) is 0 Å². The van der Waals surface area contributed by atoms with Crippen molar-refractivity contribution in [3.05, 3.63) is 71.1 Å². The summed E-state index contributed by atoms with van der Waals surface area (Å²) in [4.78, 5) is 26.6. The Labute approximate surface area is 202 Å². The van der Waals surface area contributed by atoms with Crippen LogP contribution in [0.1, 0.15) is 15.9 Å². The van der Waals surface area contributed by atoms with Crippen LogP contribution in [0.4, 0.5) is 0 Å². The number of nitriles is 1. The van der Waals surface area contributed by atoms with Crippen LogP contribution in [-0.2, 0) is 9.53 Å². The number of carbonyl (C=O) groups excluding carboxylic acids is 2. The van der Waals surface area contributed by atoms with Gasteiger partial charge in [-0.15, -0.1) is 0 Å². The summed E-state index contributed by atoms with van der Waals surface area (Å²) < 4.78 is 5.40. The van der Waals surface area contributed by atoms with E-state index < -0.39 is 23.2 Å². The van der Waals surface area contributed by atoms with E-state index in [9.17, 15) is 14.9 Å². The van der Waals surface area contributed by atoms with E-state index in [1.165, 1.54) is 38.4 Å². The van der Waals surface area contributed by atoms with Crippen LogP contribution >= 0.6 is 69.6 Å². The SMILES string of the molecule is CN(C)C(=O)C(C#N)=C(OC(=O)c1c(Cl)ccc(Cl)c1Cl)c1c(Cl)ccc(Cl)c1Cl. The van der Waals surface area contributed by atoms with Gasteiger partial charge in [0.1, 0.15) is 6.07 Å². The van der Waals surface area contributed by atoms with Crippen molar-refractivity contribution in [2.24, 2.45) is 0 Å². The lowest BCUT2D eigenvalue weighted by atomic mass is 10.1. The van der Waals surface area contributed by atoms with Crippen LogP contribution < -0.4 is 0 Å². The van der Waals surface area contributed by atoms with Crippen molar-refractivity contribution in [3.63, 3.8) is 0 Å². The first-order valence-electron chi connectivity index (χ1n) is 7.86. The first-order chi connectivity index (χ1) is 14.0. The summed E-state index contributed by atoms with van der Waals surface area (Å²) in [5, 5.41) is 9.34. The Hall–Kier alpha value is -1.65. The normalized spacial score (nSPS) is 11.4. The smallest absolute Gasteiger partial charge is 0.346 e. The molecule has 0 aliphatic rings. The summed E-state index contributed by atoms with van der Waals surface area (Å²) >= 11 is 36.6. The van der Waals surface area contributed by atoms with Gasteiger partial charge in [-0.25, -0.2) is 4.79 Å². The molecule has 0 heterocycles. The molecule has 0 unspecified atom stereocenters. The van der Waals surface area contributed by atoms with E-state index >= 15 is 0 Å². The van der Waals surface area contributed by atoms with Crippen molar-refractivity contribution in [1.82, 2.24) is 4.90 Å². The topological polar surface area (TPSA) is 70.4 Å². The molecule has 2 aromatic carbocycles. The summed E-state index contributed by atoms with van der Waals surface area (Å²) in [7, 11) is 2.82. The number of halogens is 6. The molecule has 11 heteroatoms. The van der Waals surface area contributed by atoms with E-state index in [2.05, 4.69) is 0 Å². The Morgan fingerprint density at radius 2 is 1.27 bits per heavy atom. The Balaban J connectivity index is 2.79. The highest BCUT2D eigenvalue weighted by molar-refractivity contribution is 6.46. The van der Waals surface area contributed by atoms with Gasteiger partial charge in [0.2, 0.25) is 0 Å². The van der Waals surface area contributed by atoms with Gasteiger partial charge in [-0.3, -0.25) is 4.79 Å². The number of hydrogen-bond donors (Lipinski definition) is 0. The maximum atomic E-state index is 12.9. The number of amides is 1. The lowest BCUT2D eigenvalue weighted by Crippen LogP contribution is -2.25. The van der Waals surface area contributed by atoms with E-state index in [4.69, 9.17) is 74.3 Å². The Morgan fingerprint density at radius 3 is 1.73 bits per heavy atom. The second-order valence-electron chi connectivity index (χ2n) is 5.84. The molecule has 30 heavy (non-hydrogen) atoms. The predicted molar refractivity (Wildman–Crippen MR) is 120 cm³/mol. The zero-order chi connectivity index (χ0) is 22.7. The summed E-state index contributed by atoms with van der Waals surface area (Å²) in [6, 6.07) is 7.21. The van der Waals surface area contributed by atoms with Gasteiger partial charge in [0, 0.05) is 14.1 Å². The second kappa shape index (κ2) is 10.1. The molecule has 0 saturated heterocycles. The molecule has 0 aliphatic heterocycles. The molecule has 0 bridgehead atoms. The van der Waals surface area contributed by atoms with E-state index in [0.29, 0.717) is 0 Å². The number of hydrogen-bond acceptors (Lipinski definition) is 4. The molecule has 0 N–H and O–H groups in total. The highest BCUT2D eigenvalue weighted by atomic mass is 35.5. The minimum absolute atomic E-state index is 0.0187. The molecule has 0 spiro atoms. The van der Waals surface area contributed by atoms with Gasteiger partial charge in [0.25, 0.3) is 5.91 Å². The van der Waals surface area contributed by atoms with Crippen molar-refractivity contribution >= 4 is 87.2 Å². The molecule has 2 aromatic rings. The lowest BCUT2D eigenvalue weighted by Gasteiger charge is -2.17. The van der Waals surface area contributed by atoms with E-state index in [-0.39, 0.29) is 41.3 Å². The highest BCUT2D eigenvalue weighted by Crippen LogP contribution is 2.40. The number of benzene rings is 2. The van der Waals surface area contributed by atoms with Gasteiger partial charge in [-0.05, 0) is 24.3 Å². The number of nitrogens with zero attached hydrogens (tertiary/aromatic N) is 2. The number of carbonyl (C=O) groups is 2. The van der Waals surface area contributed by atoms with Crippen LogP contribution in [0, 0.1) is 11.3 Å². The standard InChI is InChI=1S/C19H10Cl6N2O3/c1-27(2)18(28)8(7-26)17(13-9(20)3-5-11(22)15(13)24)30-19(29)14-10(21)4-6-12(23)16(14)25/h3-6H,1-2H3. The maximum Gasteiger partial charge on any atom is 0.346 e. The zero-order valence-electron chi connectivity index (χ0n) is 15.2. The first kappa shape index (κ1) is 24.6. The number of esters is 1. The molecule has 1 amide bonds. The van der Waals surface area contributed by atoms with E-state index in [0.717, 1.165) is 4.90 Å². The van der Waals surface area contributed by atoms with Gasteiger partial charge in [0.15, 0.2) is 11.3 Å². The monoisotopic (exact) mass is 524 g/mol. The largest absolute Gasteiger partial charge is 0.420 e. The lowest BCUT2D eigenvalue weighted by molar-refractivity contribution is -0.124. The van der Waals surface area contributed by atoms with Gasteiger partial charge < -0.3 is 9.64 Å². The second-order valence-corrected chi connectivity index (χ2v) is 8.23. The van der Waals surface area contributed by atoms with Gasteiger partial charge in [-0.1, -0.05) is 69.6 Å². The minimum Gasteiger partial charge on any atom is -0.420 e. The van der Waals surface area contributed by atoms with Crippen LogP contribution in [0.25, 0.3) is 5.76 Å². The molecule has 2 rings (SSSR count). The molecule has 0 fully saturated rings. The number of likely N-dealkylation sites (N-methyl/N-ethyl adjacent to an activating group) is 1. The van der Waals surface area contributed by atoms with Crippen LogP contribution in [0.3, 0.4) is 0 Å².